The Hall–Kier alpha value is -2.01. The van der Waals surface area contributed by atoms with Crippen LogP contribution in [0, 0.1) is 0 Å². The summed E-state index contributed by atoms with van der Waals surface area (Å²) < 4.78 is 0. The van der Waals surface area contributed by atoms with Gasteiger partial charge in [-0.15, -0.1) is 11.3 Å². The third-order valence-corrected chi connectivity index (χ3v) is 4.08. The maximum Gasteiger partial charge on any atom is 0.253 e. The highest BCUT2D eigenvalue weighted by molar-refractivity contribution is 7.10. The molecule has 1 unspecified atom stereocenters. The number of carbonyl (C=O) groups is 1. The molecule has 0 aliphatic heterocycles. The lowest BCUT2D eigenvalue weighted by molar-refractivity contribution is 0.0936. The highest BCUT2D eigenvalue weighted by Gasteiger charge is 2.17. The number of carbonyl (C=O) groups excluding carboxylic acids is 1. The molecule has 2 aromatic rings. The smallest absolute Gasteiger partial charge is 0.253 e. The normalized spacial score (nSPS) is 12.1. The minimum atomic E-state index is -0.158. The molecule has 1 aromatic heterocycles. The zero-order valence-corrected chi connectivity index (χ0v) is 12.2. The third-order valence-electron chi connectivity index (χ3n) is 3.09. The van der Waals surface area contributed by atoms with Crippen LogP contribution < -0.4 is 16.8 Å². The highest BCUT2D eigenvalue weighted by Crippen LogP contribution is 2.24. The van der Waals surface area contributed by atoms with Gasteiger partial charge in [-0.2, -0.15) is 0 Å². The van der Waals surface area contributed by atoms with E-state index in [1.165, 1.54) is 0 Å². The largest absolute Gasteiger partial charge is 0.399 e. The standard InChI is InChI=1S/C15H19N3OS/c1-2-4-13(14-5-3-8-20-14)18-15(19)11-7-6-10(16)9-12(11)17/h3,5-9,13H,2,4,16-17H2,1H3,(H,18,19). The first-order valence-corrected chi connectivity index (χ1v) is 7.49. The van der Waals surface area contributed by atoms with Crippen LogP contribution in [0.25, 0.3) is 0 Å². The van der Waals surface area contributed by atoms with Gasteiger partial charge in [-0.1, -0.05) is 19.4 Å². The van der Waals surface area contributed by atoms with E-state index in [-0.39, 0.29) is 11.9 Å². The van der Waals surface area contributed by atoms with Crippen LogP contribution >= 0.6 is 11.3 Å². The molecule has 0 radical (unpaired) electrons. The predicted molar refractivity (Wildman–Crippen MR) is 84.7 cm³/mol. The van der Waals surface area contributed by atoms with Crippen LogP contribution in [0.2, 0.25) is 0 Å². The van der Waals surface area contributed by atoms with Gasteiger partial charge in [0, 0.05) is 16.3 Å². The lowest BCUT2D eigenvalue weighted by Gasteiger charge is -2.17. The van der Waals surface area contributed by atoms with Gasteiger partial charge in [0.15, 0.2) is 0 Å². The van der Waals surface area contributed by atoms with Crippen LogP contribution in [-0.2, 0) is 0 Å². The molecule has 2 rings (SSSR count). The molecule has 0 aliphatic rings. The summed E-state index contributed by atoms with van der Waals surface area (Å²) in [6, 6.07) is 9.02. The number of thiophene rings is 1. The molecule has 5 N–H and O–H groups in total. The average Bonchev–Trinajstić information content (AvgIpc) is 2.91. The van der Waals surface area contributed by atoms with Gasteiger partial charge in [-0.05, 0) is 36.1 Å². The monoisotopic (exact) mass is 289 g/mol. The van der Waals surface area contributed by atoms with Gasteiger partial charge in [0.25, 0.3) is 5.91 Å². The summed E-state index contributed by atoms with van der Waals surface area (Å²) in [5.74, 6) is -0.158. The molecule has 0 saturated carbocycles. The number of nitrogen functional groups attached to an aromatic ring is 2. The molecule has 4 nitrogen and oxygen atoms in total. The number of nitrogens with two attached hydrogens (primary N) is 2. The van der Waals surface area contributed by atoms with E-state index in [0.717, 1.165) is 17.7 Å². The molecule has 0 aliphatic carbocycles. The molecule has 20 heavy (non-hydrogen) atoms. The van der Waals surface area contributed by atoms with Crippen molar-refractivity contribution in [3.63, 3.8) is 0 Å². The van der Waals surface area contributed by atoms with E-state index in [1.807, 2.05) is 17.5 Å². The molecule has 1 atom stereocenters. The van der Waals surface area contributed by atoms with Crippen molar-refractivity contribution in [2.45, 2.75) is 25.8 Å². The second-order valence-corrected chi connectivity index (χ2v) is 5.66. The Kier molecular flexibility index (Phi) is 4.63. The van der Waals surface area contributed by atoms with Gasteiger partial charge < -0.3 is 16.8 Å². The zero-order valence-electron chi connectivity index (χ0n) is 11.4. The van der Waals surface area contributed by atoms with E-state index in [2.05, 4.69) is 12.2 Å². The Morgan fingerprint density at radius 3 is 2.75 bits per heavy atom. The van der Waals surface area contributed by atoms with E-state index < -0.39 is 0 Å². The zero-order chi connectivity index (χ0) is 14.5. The highest BCUT2D eigenvalue weighted by atomic mass is 32.1. The first-order chi connectivity index (χ1) is 9.61. The van der Waals surface area contributed by atoms with Crippen LogP contribution in [0.15, 0.2) is 35.7 Å². The number of nitrogens with one attached hydrogen (secondary N) is 1. The summed E-state index contributed by atoms with van der Waals surface area (Å²) in [6.07, 6.45) is 1.90. The van der Waals surface area contributed by atoms with Crippen LogP contribution in [0.4, 0.5) is 11.4 Å². The molecule has 0 spiro atoms. The number of amides is 1. The molecule has 1 amide bonds. The van der Waals surface area contributed by atoms with Crippen molar-refractivity contribution in [3.8, 4) is 0 Å². The fraction of sp³-hybridized carbons (Fsp3) is 0.267. The SMILES string of the molecule is CCCC(NC(=O)c1ccc(N)cc1N)c1cccs1. The van der Waals surface area contributed by atoms with E-state index >= 15 is 0 Å². The lowest BCUT2D eigenvalue weighted by atomic mass is 10.1. The minimum Gasteiger partial charge on any atom is -0.399 e. The Morgan fingerprint density at radius 2 is 2.15 bits per heavy atom. The molecule has 5 heteroatoms. The van der Waals surface area contributed by atoms with Gasteiger partial charge in [0.2, 0.25) is 0 Å². The summed E-state index contributed by atoms with van der Waals surface area (Å²) >= 11 is 1.65. The number of anilines is 2. The van der Waals surface area contributed by atoms with Crippen LogP contribution in [0.1, 0.15) is 41.0 Å². The van der Waals surface area contributed by atoms with Crippen LogP contribution in [0.5, 0.6) is 0 Å². The number of rotatable bonds is 5. The van der Waals surface area contributed by atoms with Crippen molar-refractivity contribution < 1.29 is 4.79 Å². The summed E-state index contributed by atoms with van der Waals surface area (Å²) in [6.45, 7) is 2.10. The van der Waals surface area contributed by atoms with Crippen LogP contribution in [-0.4, -0.2) is 5.91 Å². The number of hydrogen-bond donors (Lipinski definition) is 3. The van der Waals surface area contributed by atoms with Gasteiger partial charge in [-0.3, -0.25) is 4.79 Å². The summed E-state index contributed by atoms with van der Waals surface area (Å²) in [5.41, 5.74) is 12.9. The molecular weight excluding hydrogens is 270 g/mol. The third kappa shape index (κ3) is 3.30. The van der Waals surface area contributed by atoms with Gasteiger partial charge in [0.1, 0.15) is 0 Å². The summed E-state index contributed by atoms with van der Waals surface area (Å²) in [5, 5.41) is 5.06. The van der Waals surface area contributed by atoms with Crippen molar-refractivity contribution in [1.82, 2.24) is 5.32 Å². The summed E-state index contributed by atoms with van der Waals surface area (Å²) in [4.78, 5) is 13.5. The topological polar surface area (TPSA) is 81.1 Å². The van der Waals surface area contributed by atoms with E-state index in [9.17, 15) is 4.79 Å². The lowest BCUT2D eigenvalue weighted by Crippen LogP contribution is -2.28. The second-order valence-electron chi connectivity index (χ2n) is 4.68. The summed E-state index contributed by atoms with van der Waals surface area (Å²) in [7, 11) is 0. The molecular formula is C15H19N3OS. The molecule has 1 aromatic carbocycles. The maximum absolute atomic E-state index is 12.3. The van der Waals surface area contributed by atoms with Crippen molar-refractivity contribution in [2.75, 3.05) is 11.5 Å². The fourth-order valence-electron chi connectivity index (χ4n) is 2.09. The van der Waals surface area contributed by atoms with Crippen LogP contribution in [0.3, 0.4) is 0 Å². The van der Waals surface area contributed by atoms with Crippen molar-refractivity contribution in [3.05, 3.63) is 46.2 Å². The van der Waals surface area contributed by atoms with Crippen molar-refractivity contribution in [2.24, 2.45) is 0 Å². The minimum absolute atomic E-state index is 0.0319. The van der Waals surface area contributed by atoms with Gasteiger partial charge in [-0.25, -0.2) is 0 Å². The predicted octanol–water partition coefficient (Wildman–Crippen LogP) is 3.18. The number of hydrogen-bond acceptors (Lipinski definition) is 4. The Balaban J connectivity index is 2.16. The van der Waals surface area contributed by atoms with Gasteiger partial charge >= 0.3 is 0 Å². The first kappa shape index (κ1) is 14.4. The molecule has 1 heterocycles. The average molecular weight is 289 g/mol. The van der Waals surface area contributed by atoms with Crippen molar-refractivity contribution >= 4 is 28.6 Å². The molecule has 0 saturated heterocycles. The van der Waals surface area contributed by atoms with Gasteiger partial charge in [0.05, 0.1) is 11.6 Å². The molecule has 106 valence electrons. The molecule has 0 fully saturated rings. The molecule has 0 bridgehead atoms. The Labute approximate surface area is 122 Å². The van der Waals surface area contributed by atoms with E-state index in [1.54, 1.807) is 29.5 Å². The van der Waals surface area contributed by atoms with E-state index in [4.69, 9.17) is 11.5 Å². The Bertz CT molecular complexity index is 581. The Morgan fingerprint density at radius 1 is 1.35 bits per heavy atom. The van der Waals surface area contributed by atoms with Crippen molar-refractivity contribution in [1.29, 1.82) is 0 Å². The number of benzene rings is 1. The second kappa shape index (κ2) is 6.43. The quantitative estimate of drug-likeness (QED) is 0.739. The fourth-order valence-corrected chi connectivity index (χ4v) is 2.90. The first-order valence-electron chi connectivity index (χ1n) is 6.61. The maximum atomic E-state index is 12.3. The van der Waals surface area contributed by atoms with E-state index in [0.29, 0.717) is 16.9 Å².